The molecule has 0 unspecified atom stereocenters. The summed E-state index contributed by atoms with van der Waals surface area (Å²) in [7, 11) is 0. The van der Waals surface area contributed by atoms with Gasteiger partial charge in [0.1, 0.15) is 10.4 Å². The molecule has 3 N–H and O–H groups in total. The van der Waals surface area contributed by atoms with Gasteiger partial charge in [-0.25, -0.2) is 4.98 Å². The van der Waals surface area contributed by atoms with E-state index in [2.05, 4.69) is 26.2 Å². The van der Waals surface area contributed by atoms with E-state index in [0.29, 0.717) is 6.04 Å². The molecule has 1 saturated carbocycles. The van der Waals surface area contributed by atoms with Crippen molar-refractivity contribution in [2.24, 2.45) is 11.7 Å². The maximum absolute atomic E-state index is 11.0. The smallest absolute Gasteiger partial charge is 0.220 e. The average molecular weight is 298 g/mol. The minimum Gasteiger partial charge on any atom is -0.369 e. The molecule has 0 spiro atoms. The van der Waals surface area contributed by atoms with Crippen LogP contribution < -0.4 is 11.1 Å². The second-order valence-electron chi connectivity index (χ2n) is 4.44. The number of amides is 1. The fourth-order valence-electron chi connectivity index (χ4n) is 2.22. The molecule has 1 fully saturated rings. The van der Waals surface area contributed by atoms with Gasteiger partial charge < -0.3 is 11.1 Å². The fourth-order valence-corrected chi connectivity index (χ4v) is 2.56. The lowest BCUT2D eigenvalue weighted by molar-refractivity contribution is -0.122. The predicted molar refractivity (Wildman–Crippen MR) is 70.5 cm³/mol. The van der Waals surface area contributed by atoms with Gasteiger partial charge >= 0.3 is 0 Å². The molecule has 0 aromatic carbocycles. The fraction of sp³-hybridized carbons (Fsp3) is 0.500. The van der Waals surface area contributed by atoms with Crippen LogP contribution in [0.4, 0.5) is 5.82 Å². The number of hydrogen-bond donors (Lipinski definition) is 2. The molecule has 1 amide bonds. The molecule has 1 heterocycles. The van der Waals surface area contributed by atoms with Gasteiger partial charge in [0.05, 0.1) is 0 Å². The van der Waals surface area contributed by atoms with Crippen molar-refractivity contribution in [2.45, 2.75) is 31.7 Å². The number of anilines is 1. The maximum atomic E-state index is 11.0. The van der Waals surface area contributed by atoms with Crippen LogP contribution in [0.5, 0.6) is 0 Å². The molecule has 5 heteroatoms. The number of carbonyl (C=O) groups is 1. The van der Waals surface area contributed by atoms with E-state index in [9.17, 15) is 4.79 Å². The van der Waals surface area contributed by atoms with Crippen molar-refractivity contribution in [3.8, 4) is 0 Å². The van der Waals surface area contributed by atoms with E-state index in [1.807, 2.05) is 18.2 Å². The summed E-state index contributed by atoms with van der Waals surface area (Å²) in [5.41, 5.74) is 5.31. The lowest BCUT2D eigenvalue weighted by atomic mass is 9.85. The van der Waals surface area contributed by atoms with Crippen molar-refractivity contribution < 1.29 is 4.79 Å². The zero-order valence-corrected chi connectivity index (χ0v) is 11.1. The lowest BCUT2D eigenvalue weighted by Crippen LogP contribution is -2.32. The van der Waals surface area contributed by atoms with E-state index in [0.717, 1.165) is 36.1 Å². The van der Waals surface area contributed by atoms with Crippen molar-refractivity contribution in [1.82, 2.24) is 4.98 Å². The summed E-state index contributed by atoms with van der Waals surface area (Å²) in [5.74, 6) is 0.773. The highest BCUT2D eigenvalue weighted by Gasteiger charge is 2.24. The topological polar surface area (TPSA) is 68.0 Å². The number of hydrogen-bond acceptors (Lipinski definition) is 3. The number of halogens is 1. The molecule has 1 aliphatic rings. The molecule has 92 valence electrons. The minimum atomic E-state index is -0.163. The zero-order valence-electron chi connectivity index (χ0n) is 9.53. The number of pyridine rings is 1. The number of aromatic nitrogens is 1. The molecule has 0 radical (unpaired) electrons. The molecule has 0 aliphatic heterocycles. The van der Waals surface area contributed by atoms with Crippen molar-refractivity contribution in [3.05, 3.63) is 22.8 Å². The first-order chi connectivity index (χ1) is 8.15. The monoisotopic (exact) mass is 297 g/mol. The normalized spacial score (nSPS) is 24.3. The van der Waals surface area contributed by atoms with Crippen LogP contribution in [0, 0.1) is 5.92 Å². The average Bonchev–Trinajstić information content (AvgIpc) is 2.29. The Labute approximate surface area is 109 Å². The van der Waals surface area contributed by atoms with Crippen molar-refractivity contribution >= 4 is 27.7 Å². The van der Waals surface area contributed by atoms with E-state index >= 15 is 0 Å². The van der Waals surface area contributed by atoms with Crippen LogP contribution in [-0.2, 0) is 4.79 Å². The van der Waals surface area contributed by atoms with Gasteiger partial charge in [-0.15, -0.1) is 0 Å². The van der Waals surface area contributed by atoms with Gasteiger partial charge in [0, 0.05) is 12.0 Å². The highest BCUT2D eigenvalue weighted by molar-refractivity contribution is 9.10. The third-order valence-electron chi connectivity index (χ3n) is 3.20. The van der Waals surface area contributed by atoms with Gasteiger partial charge in [-0.05, 0) is 53.7 Å². The summed E-state index contributed by atoms with van der Waals surface area (Å²) >= 11 is 3.34. The van der Waals surface area contributed by atoms with E-state index in [-0.39, 0.29) is 11.8 Å². The van der Waals surface area contributed by atoms with Crippen LogP contribution in [0.3, 0.4) is 0 Å². The van der Waals surface area contributed by atoms with Crippen LogP contribution in [-0.4, -0.2) is 16.9 Å². The molecule has 1 aromatic rings. The van der Waals surface area contributed by atoms with Gasteiger partial charge in [-0.2, -0.15) is 0 Å². The van der Waals surface area contributed by atoms with Crippen molar-refractivity contribution in [2.75, 3.05) is 5.32 Å². The first-order valence-electron chi connectivity index (χ1n) is 5.83. The Morgan fingerprint density at radius 1 is 1.35 bits per heavy atom. The summed E-state index contributed by atoms with van der Waals surface area (Å²) in [6.45, 7) is 0. The van der Waals surface area contributed by atoms with E-state index < -0.39 is 0 Å². The predicted octanol–water partition coefficient (Wildman–Crippen LogP) is 2.30. The Kier molecular flexibility index (Phi) is 3.99. The Morgan fingerprint density at radius 3 is 2.65 bits per heavy atom. The second kappa shape index (κ2) is 5.49. The summed E-state index contributed by atoms with van der Waals surface area (Å²) in [6, 6.07) is 6.20. The molecule has 1 aromatic heterocycles. The van der Waals surface area contributed by atoms with Crippen LogP contribution in [0.2, 0.25) is 0 Å². The number of nitrogens with two attached hydrogens (primary N) is 1. The molecular weight excluding hydrogens is 282 g/mol. The molecular formula is C12H16BrN3O. The Morgan fingerprint density at radius 2 is 2.06 bits per heavy atom. The number of rotatable bonds is 3. The Balaban J connectivity index is 1.88. The van der Waals surface area contributed by atoms with E-state index in [1.165, 1.54) is 0 Å². The van der Waals surface area contributed by atoms with Crippen molar-refractivity contribution in [1.29, 1.82) is 0 Å². The number of nitrogens with one attached hydrogen (secondary N) is 1. The largest absolute Gasteiger partial charge is 0.369 e. The Bertz CT molecular complexity index is 402. The molecule has 4 nitrogen and oxygen atoms in total. The SMILES string of the molecule is NC(=O)C1CCC(Nc2cccc(Br)n2)CC1. The quantitative estimate of drug-likeness (QED) is 0.841. The van der Waals surface area contributed by atoms with Crippen LogP contribution >= 0.6 is 15.9 Å². The third kappa shape index (κ3) is 3.43. The molecule has 2 rings (SSSR count). The second-order valence-corrected chi connectivity index (χ2v) is 5.25. The van der Waals surface area contributed by atoms with E-state index in [1.54, 1.807) is 0 Å². The standard InChI is InChI=1S/C12H16BrN3O/c13-10-2-1-3-11(16-10)15-9-6-4-8(5-7-9)12(14)17/h1-3,8-9H,4-7H2,(H2,14,17)(H,15,16). The van der Waals surface area contributed by atoms with Crippen LogP contribution in [0.15, 0.2) is 22.8 Å². The molecule has 0 saturated heterocycles. The molecule has 0 atom stereocenters. The highest BCUT2D eigenvalue weighted by atomic mass is 79.9. The molecule has 1 aliphatic carbocycles. The third-order valence-corrected chi connectivity index (χ3v) is 3.64. The number of carbonyl (C=O) groups excluding carboxylic acids is 1. The van der Waals surface area contributed by atoms with Gasteiger partial charge in [-0.3, -0.25) is 4.79 Å². The van der Waals surface area contributed by atoms with Gasteiger partial charge in [0.25, 0.3) is 0 Å². The first-order valence-corrected chi connectivity index (χ1v) is 6.63. The van der Waals surface area contributed by atoms with Crippen molar-refractivity contribution in [3.63, 3.8) is 0 Å². The van der Waals surface area contributed by atoms with E-state index in [4.69, 9.17) is 5.73 Å². The lowest BCUT2D eigenvalue weighted by Gasteiger charge is -2.27. The summed E-state index contributed by atoms with van der Waals surface area (Å²) in [5, 5.41) is 3.39. The number of primary amides is 1. The summed E-state index contributed by atoms with van der Waals surface area (Å²) < 4.78 is 0.827. The molecule has 0 bridgehead atoms. The minimum absolute atomic E-state index is 0.0588. The maximum Gasteiger partial charge on any atom is 0.220 e. The number of nitrogens with zero attached hydrogens (tertiary/aromatic N) is 1. The first kappa shape index (κ1) is 12.4. The highest BCUT2D eigenvalue weighted by Crippen LogP contribution is 2.26. The summed E-state index contributed by atoms with van der Waals surface area (Å²) in [6.07, 6.45) is 3.70. The van der Waals surface area contributed by atoms with Gasteiger partial charge in [0.15, 0.2) is 0 Å². The molecule has 17 heavy (non-hydrogen) atoms. The van der Waals surface area contributed by atoms with Crippen LogP contribution in [0.25, 0.3) is 0 Å². The van der Waals surface area contributed by atoms with Gasteiger partial charge in [0.2, 0.25) is 5.91 Å². The zero-order chi connectivity index (χ0) is 12.3. The van der Waals surface area contributed by atoms with Gasteiger partial charge in [-0.1, -0.05) is 6.07 Å². The Hall–Kier alpha value is -1.10. The van der Waals surface area contributed by atoms with Crippen LogP contribution in [0.1, 0.15) is 25.7 Å². The summed E-state index contributed by atoms with van der Waals surface area (Å²) in [4.78, 5) is 15.4.